The summed E-state index contributed by atoms with van der Waals surface area (Å²) in [6.07, 6.45) is 3.65. The Hall–Kier alpha value is -2.04. The first-order valence-corrected chi connectivity index (χ1v) is 5.36. The van der Waals surface area contributed by atoms with Crippen molar-refractivity contribution in [3.05, 3.63) is 36.1 Å². The first-order valence-electron chi connectivity index (χ1n) is 5.36. The number of aryl methyl sites for hydroxylation is 1. The van der Waals surface area contributed by atoms with Crippen molar-refractivity contribution in [3.8, 4) is 0 Å². The number of anilines is 1. The molecule has 0 fully saturated rings. The third-order valence-corrected chi connectivity index (χ3v) is 2.61. The number of rotatable bonds is 4. The Morgan fingerprint density at radius 2 is 2.29 bits per heavy atom. The van der Waals surface area contributed by atoms with Gasteiger partial charge in [-0.05, 0) is 6.07 Å². The van der Waals surface area contributed by atoms with E-state index in [-0.39, 0.29) is 5.78 Å². The Kier molecular flexibility index (Phi) is 2.99. The van der Waals surface area contributed by atoms with Gasteiger partial charge in [-0.15, -0.1) is 0 Å². The molecule has 0 radical (unpaired) electrons. The van der Waals surface area contributed by atoms with Gasteiger partial charge in [0.15, 0.2) is 17.4 Å². The van der Waals surface area contributed by atoms with Crippen LogP contribution in [0.3, 0.4) is 0 Å². The fourth-order valence-electron chi connectivity index (χ4n) is 1.56. The fourth-order valence-corrected chi connectivity index (χ4v) is 1.56. The molecule has 0 atom stereocenters. The highest BCUT2D eigenvalue weighted by molar-refractivity contribution is 5.91. The summed E-state index contributed by atoms with van der Waals surface area (Å²) < 4.78 is 7.38. The van der Waals surface area contributed by atoms with E-state index in [1.165, 1.54) is 6.92 Å². The van der Waals surface area contributed by atoms with Crippen molar-refractivity contribution in [1.29, 1.82) is 0 Å². The SMILES string of the molecule is CC(=O)c1ccc(N(C)Cc2nccn2C)o1. The van der Waals surface area contributed by atoms with E-state index in [1.54, 1.807) is 18.3 Å². The van der Waals surface area contributed by atoms with Crippen LogP contribution in [-0.2, 0) is 13.6 Å². The predicted molar refractivity (Wildman–Crippen MR) is 64.0 cm³/mol. The third-order valence-electron chi connectivity index (χ3n) is 2.61. The fraction of sp³-hybridized carbons (Fsp3) is 0.333. The Morgan fingerprint density at radius 3 is 2.82 bits per heavy atom. The van der Waals surface area contributed by atoms with E-state index in [9.17, 15) is 4.79 Å². The number of hydrogen-bond donors (Lipinski definition) is 0. The minimum atomic E-state index is -0.0679. The molecule has 5 heteroatoms. The van der Waals surface area contributed by atoms with Gasteiger partial charge in [0, 0.05) is 39.5 Å². The second-order valence-electron chi connectivity index (χ2n) is 4.00. The summed E-state index contributed by atoms with van der Waals surface area (Å²) in [7, 11) is 3.84. The number of ketones is 1. The summed E-state index contributed by atoms with van der Waals surface area (Å²) in [6.45, 7) is 2.12. The predicted octanol–water partition coefficient (Wildman–Crippen LogP) is 1.85. The molecule has 90 valence electrons. The van der Waals surface area contributed by atoms with Crippen molar-refractivity contribution in [2.75, 3.05) is 11.9 Å². The Balaban J connectivity index is 2.12. The van der Waals surface area contributed by atoms with E-state index in [2.05, 4.69) is 4.98 Å². The zero-order chi connectivity index (χ0) is 12.4. The van der Waals surface area contributed by atoms with Crippen LogP contribution in [0.2, 0.25) is 0 Å². The lowest BCUT2D eigenvalue weighted by molar-refractivity contribution is 0.0988. The molecule has 0 N–H and O–H groups in total. The summed E-state index contributed by atoms with van der Waals surface area (Å²) in [5, 5.41) is 0. The Bertz CT molecular complexity index is 527. The van der Waals surface area contributed by atoms with Crippen LogP contribution in [0, 0.1) is 0 Å². The van der Waals surface area contributed by atoms with Crippen LogP contribution in [0.25, 0.3) is 0 Å². The Labute approximate surface area is 99.7 Å². The standard InChI is InChI=1S/C12H15N3O2/c1-9(16)10-4-5-12(17-10)15(3)8-11-13-6-7-14(11)2/h4-7H,8H2,1-3H3. The van der Waals surface area contributed by atoms with Gasteiger partial charge in [0.05, 0.1) is 6.54 Å². The first-order chi connectivity index (χ1) is 8.08. The number of carbonyl (C=O) groups is 1. The summed E-state index contributed by atoms with van der Waals surface area (Å²) in [5.74, 6) is 1.92. The lowest BCUT2D eigenvalue weighted by Crippen LogP contribution is -2.18. The molecule has 0 aliphatic rings. The molecule has 5 nitrogen and oxygen atoms in total. The molecule has 2 aromatic heterocycles. The maximum Gasteiger partial charge on any atom is 0.196 e. The highest BCUT2D eigenvalue weighted by Gasteiger charge is 2.11. The van der Waals surface area contributed by atoms with E-state index in [0.29, 0.717) is 18.2 Å². The number of carbonyl (C=O) groups excluding carboxylic acids is 1. The van der Waals surface area contributed by atoms with Crippen molar-refractivity contribution in [2.45, 2.75) is 13.5 Å². The molecule has 0 unspecified atom stereocenters. The summed E-state index contributed by atoms with van der Waals surface area (Å²) in [6, 6.07) is 3.48. The van der Waals surface area contributed by atoms with E-state index in [1.807, 2.05) is 29.8 Å². The van der Waals surface area contributed by atoms with Crippen LogP contribution in [0.4, 0.5) is 5.88 Å². The number of imidazole rings is 1. The highest BCUT2D eigenvalue weighted by atomic mass is 16.4. The van der Waals surface area contributed by atoms with E-state index in [4.69, 9.17) is 4.42 Å². The molecular formula is C12H15N3O2. The largest absolute Gasteiger partial charge is 0.437 e. The molecule has 0 aliphatic carbocycles. The lowest BCUT2D eigenvalue weighted by atomic mass is 10.3. The second kappa shape index (κ2) is 4.45. The van der Waals surface area contributed by atoms with E-state index < -0.39 is 0 Å². The minimum absolute atomic E-state index is 0.0679. The van der Waals surface area contributed by atoms with Gasteiger partial charge in [0.25, 0.3) is 0 Å². The molecule has 0 spiro atoms. The average Bonchev–Trinajstić information content (AvgIpc) is 2.88. The van der Waals surface area contributed by atoms with Gasteiger partial charge in [-0.1, -0.05) is 0 Å². The van der Waals surface area contributed by atoms with Crippen LogP contribution in [0.5, 0.6) is 0 Å². The highest BCUT2D eigenvalue weighted by Crippen LogP contribution is 2.19. The maximum atomic E-state index is 11.1. The summed E-state index contributed by atoms with van der Waals surface area (Å²) >= 11 is 0. The van der Waals surface area contributed by atoms with Crippen LogP contribution < -0.4 is 4.90 Å². The second-order valence-corrected chi connectivity index (χ2v) is 4.00. The van der Waals surface area contributed by atoms with Crippen molar-refractivity contribution in [1.82, 2.24) is 9.55 Å². The normalized spacial score (nSPS) is 10.5. The number of nitrogens with zero attached hydrogens (tertiary/aromatic N) is 3. The molecule has 0 saturated carbocycles. The molecule has 2 heterocycles. The summed E-state index contributed by atoms with van der Waals surface area (Å²) in [5.41, 5.74) is 0. The lowest BCUT2D eigenvalue weighted by Gasteiger charge is -2.15. The average molecular weight is 233 g/mol. The minimum Gasteiger partial charge on any atom is -0.437 e. The number of furan rings is 1. The van der Waals surface area contributed by atoms with E-state index >= 15 is 0 Å². The van der Waals surface area contributed by atoms with Gasteiger partial charge in [-0.2, -0.15) is 0 Å². The van der Waals surface area contributed by atoms with E-state index in [0.717, 1.165) is 5.82 Å². The zero-order valence-electron chi connectivity index (χ0n) is 10.2. The quantitative estimate of drug-likeness (QED) is 0.756. The molecule has 0 amide bonds. The molecule has 0 bridgehead atoms. The zero-order valence-corrected chi connectivity index (χ0v) is 10.2. The third kappa shape index (κ3) is 2.38. The van der Waals surface area contributed by atoms with Crippen molar-refractivity contribution in [3.63, 3.8) is 0 Å². The molecule has 0 aliphatic heterocycles. The van der Waals surface area contributed by atoms with Crippen LogP contribution in [0.1, 0.15) is 23.3 Å². The smallest absolute Gasteiger partial charge is 0.196 e. The van der Waals surface area contributed by atoms with Gasteiger partial charge in [-0.25, -0.2) is 4.98 Å². The van der Waals surface area contributed by atoms with Gasteiger partial charge in [0.1, 0.15) is 5.82 Å². The molecular weight excluding hydrogens is 218 g/mol. The van der Waals surface area contributed by atoms with Crippen molar-refractivity contribution in [2.24, 2.45) is 7.05 Å². The number of Topliss-reactive ketones (excluding diaryl/α,β-unsaturated/α-hetero) is 1. The van der Waals surface area contributed by atoms with Gasteiger partial charge in [0.2, 0.25) is 0 Å². The molecule has 2 aromatic rings. The molecule has 2 rings (SSSR count). The van der Waals surface area contributed by atoms with Crippen LogP contribution >= 0.6 is 0 Å². The first kappa shape index (κ1) is 11.4. The van der Waals surface area contributed by atoms with Crippen LogP contribution in [0.15, 0.2) is 28.9 Å². The Morgan fingerprint density at radius 1 is 1.53 bits per heavy atom. The number of aromatic nitrogens is 2. The van der Waals surface area contributed by atoms with Gasteiger partial charge < -0.3 is 13.9 Å². The van der Waals surface area contributed by atoms with Gasteiger partial charge >= 0.3 is 0 Å². The number of hydrogen-bond acceptors (Lipinski definition) is 4. The monoisotopic (exact) mass is 233 g/mol. The van der Waals surface area contributed by atoms with Crippen molar-refractivity contribution < 1.29 is 9.21 Å². The molecule has 0 saturated heterocycles. The van der Waals surface area contributed by atoms with Gasteiger partial charge in [-0.3, -0.25) is 4.79 Å². The molecule has 0 aromatic carbocycles. The van der Waals surface area contributed by atoms with Crippen molar-refractivity contribution >= 4 is 11.7 Å². The topological polar surface area (TPSA) is 51.3 Å². The van der Waals surface area contributed by atoms with Crippen LogP contribution in [-0.4, -0.2) is 22.4 Å². The maximum absolute atomic E-state index is 11.1. The molecule has 17 heavy (non-hydrogen) atoms. The summed E-state index contributed by atoms with van der Waals surface area (Å²) in [4.78, 5) is 17.3.